The lowest BCUT2D eigenvalue weighted by atomic mass is 10.2. The van der Waals surface area contributed by atoms with E-state index in [2.05, 4.69) is 4.74 Å². The normalized spacial score (nSPS) is 16.8. The van der Waals surface area contributed by atoms with E-state index in [4.69, 9.17) is 32.7 Å². The van der Waals surface area contributed by atoms with Crippen LogP contribution in [-0.4, -0.2) is 64.2 Å². The molecule has 1 atom stereocenters. The van der Waals surface area contributed by atoms with Crippen molar-refractivity contribution in [3.05, 3.63) is 27.7 Å². The molecular formula is C15H17Cl2NO7S. The fourth-order valence-corrected chi connectivity index (χ4v) is 4.48. The van der Waals surface area contributed by atoms with Crippen LogP contribution in [0.1, 0.15) is 17.3 Å². The lowest BCUT2D eigenvalue weighted by molar-refractivity contribution is -0.149. The average Bonchev–Trinajstić information content (AvgIpc) is 2.61. The highest BCUT2D eigenvalue weighted by Gasteiger charge is 2.31. The van der Waals surface area contributed by atoms with Gasteiger partial charge >= 0.3 is 11.9 Å². The van der Waals surface area contributed by atoms with Crippen molar-refractivity contribution in [2.75, 3.05) is 33.4 Å². The number of hydrogen-bond acceptors (Lipinski definition) is 7. The van der Waals surface area contributed by atoms with Crippen molar-refractivity contribution in [1.82, 2.24) is 4.31 Å². The molecule has 1 heterocycles. The lowest BCUT2D eigenvalue weighted by Gasteiger charge is -2.26. The monoisotopic (exact) mass is 425 g/mol. The van der Waals surface area contributed by atoms with Crippen molar-refractivity contribution >= 4 is 45.2 Å². The molecule has 1 saturated heterocycles. The van der Waals surface area contributed by atoms with Crippen LogP contribution in [0, 0.1) is 0 Å². The van der Waals surface area contributed by atoms with E-state index in [1.165, 1.54) is 11.2 Å². The van der Waals surface area contributed by atoms with E-state index in [1.54, 1.807) is 0 Å². The Kier molecular flexibility index (Phi) is 6.86. The molecule has 0 saturated carbocycles. The number of methoxy groups -OCH3 is 1. The second-order valence-corrected chi connectivity index (χ2v) is 8.07. The number of benzene rings is 1. The van der Waals surface area contributed by atoms with E-state index in [1.807, 2.05) is 0 Å². The maximum atomic E-state index is 12.8. The molecule has 2 rings (SSSR count). The zero-order valence-corrected chi connectivity index (χ0v) is 16.4. The number of hydrogen-bond donors (Lipinski definition) is 0. The van der Waals surface area contributed by atoms with Gasteiger partial charge in [0.2, 0.25) is 10.0 Å². The van der Waals surface area contributed by atoms with Gasteiger partial charge in [0.1, 0.15) is 4.90 Å². The van der Waals surface area contributed by atoms with Crippen LogP contribution < -0.4 is 0 Å². The van der Waals surface area contributed by atoms with Crippen molar-refractivity contribution in [3.8, 4) is 0 Å². The Labute approximate surface area is 161 Å². The number of carbonyl (C=O) groups excluding carboxylic acids is 2. The van der Waals surface area contributed by atoms with E-state index in [9.17, 15) is 18.0 Å². The van der Waals surface area contributed by atoms with Crippen LogP contribution >= 0.6 is 23.2 Å². The largest absolute Gasteiger partial charge is 0.466 e. The molecule has 1 aliphatic rings. The molecule has 1 fully saturated rings. The molecule has 0 N–H and O–H groups in total. The summed E-state index contributed by atoms with van der Waals surface area (Å²) in [4.78, 5) is 23.4. The molecule has 11 heteroatoms. The molecule has 0 aromatic heterocycles. The van der Waals surface area contributed by atoms with Gasteiger partial charge in [0, 0.05) is 13.1 Å². The molecule has 0 aliphatic carbocycles. The van der Waals surface area contributed by atoms with Crippen LogP contribution in [0.4, 0.5) is 0 Å². The van der Waals surface area contributed by atoms with Crippen LogP contribution in [0.5, 0.6) is 0 Å². The van der Waals surface area contributed by atoms with Crippen molar-refractivity contribution in [3.63, 3.8) is 0 Å². The molecule has 0 amide bonds. The molecule has 0 radical (unpaired) electrons. The minimum atomic E-state index is -3.95. The van der Waals surface area contributed by atoms with Gasteiger partial charge in [0.25, 0.3) is 0 Å². The van der Waals surface area contributed by atoms with Gasteiger partial charge in [0.05, 0.1) is 35.9 Å². The number of halogens is 2. The topological polar surface area (TPSA) is 99.2 Å². The number of carbonyl (C=O) groups is 2. The third kappa shape index (κ3) is 4.47. The van der Waals surface area contributed by atoms with Gasteiger partial charge in [-0.2, -0.15) is 4.31 Å². The summed E-state index contributed by atoms with van der Waals surface area (Å²) < 4.78 is 41.3. The summed E-state index contributed by atoms with van der Waals surface area (Å²) in [6.45, 7) is 2.17. The van der Waals surface area contributed by atoms with E-state index >= 15 is 0 Å². The van der Waals surface area contributed by atoms with Gasteiger partial charge in [0.15, 0.2) is 6.10 Å². The molecular weight excluding hydrogens is 409 g/mol. The first-order chi connectivity index (χ1) is 12.2. The SMILES string of the molecule is COC(=O)C(C)OC(=O)c1cc(S(=O)(=O)N2CCOCC2)c(Cl)cc1Cl. The maximum Gasteiger partial charge on any atom is 0.346 e. The number of esters is 2. The minimum absolute atomic E-state index is 0.0991. The van der Waals surface area contributed by atoms with Crippen LogP contribution in [-0.2, 0) is 29.0 Å². The van der Waals surface area contributed by atoms with Crippen molar-refractivity contribution in [1.29, 1.82) is 0 Å². The Morgan fingerprint density at radius 2 is 1.81 bits per heavy atom. The summed E-state index contributed by atoms with van der Waals surface area (Å²) in [6.07, 6.45) is -1.18. The number of nitrogens with zero attached hydrogens (tertiary/aromatic N) is 1. The maximum absolute atomic E-state index is 12.8. The summed E-state index contributed by atoms with van der Waals surface area (Å²) in [5, 5.41) is -0.225. The highest BCUT2D eigenvalue weighted by Crippen LogP contribution is 2.31. The summed E-state index contributed by atoms with van der Waals surface area (Å²) in [5.41, 5.74) is -0.223. The van der Waals surface area contributed by atoms with Gasteiger partial charge < -0.3 is 14.2 Å². The Balaban J connectivity index is 2.37. The van der Waals surface area contributed by atoms with Crippen LogP contribution in [0.25, 0.3) is 0 Å². The second-order valence-electron chi connectivity index (χ2n) is 5.35. The highest BCUT2D eigenvalue weighted by molar-refractivity contribution is 7.89. The molecule has 0 spiro atoms. The van der Waals surface area contributed by atoms with E-state index in [-0.39, 0.29) is 46.8 Å². The van der Waals surface area contributed by atoms with Gasteiger partial charge in [-0.1, -0.05) is 23.2 Å². The van der Waals surface area contributed by atoms with Crippen LogP contribution in [0.2, 0.25) is 10.0 Å². The Hall–Kier alpha value is -1.39. The molecule has 1 unspecified atom stereocenters. The number of morpholine rings is 1. The Morgan fingerprint density at radius 1 is 1.19 bits per heavy atom. The van der Waals surface area contributed by atoms with E-state index < -0.39 is 28.1 Å². The quantitative estimate of drug-likeness (QED) is 0.662. The molecule has 0 bridgehead atoms. The first-order valence-electron chi connectivity index (χ1n) is 7.54. The molecule has 26 heavy (non-hydrogen) atoms. The average molecular weight is 426 g/mol. The molecule has 1 aliphatic heterocycles. The Bertz CT molecular complexity index is 806. The summed E-state index contributed by atoms with van der Waals surface area (Å²) in [7, 11) is -2.80. The second kappa shape index (κ2) is 8.53. The first kappa shape index (κ1) is 20.9. The predicted octanol–water partition coefficient (Wildman–Crippen LogP) is 1.73. The number of sulfonamides is 1. The Morgan fingerprint density at radius 3 is 2.38 bits per heavy atom. The zero-order chi connectivity index (χ0) is 19.5. The molecule has 1 aromatic carbocycles. The van der Waals surface area contributed by atoms with Crippen LogP contribution in [0.15, 0.2) is 17.0 Å². The fourth-order valence-electron chi connectivity index (χ4n) is 2.25. The van der Waals surface area contributed by atoms with Gasteiger partial charge in [-0.15, -0.1) is 0 Å². The molecule has 144 valence electrons. The zero-order valence-electron chi connectivity index (χ0n) is 14.0. The van der Waals surface area contributed by atoms with E-state index in [0.29, 0.717) is 0 Å². The molecule has 8 nitrogen and oxygen atoms in total. The molecule has 1 aromatic rings. The summed E-state index contributed by atoms with van der Waals surface area (Å²) in [5.74, 6) is -1.73. The first-order valence-corrected chi connectivity index (χ1v) is 9.73. The van der Waals surface area contributed by atoms with Crippen LogP contribution in [0.3, 0.4) is 0 Å². The number of rotatable bonds is 5. The highest BCUT2D eigenvalue weighted by atomic mass is 35.5. The predicted molar refractivity (Wildman–Crippen MR) is 92.9 cm³/mol. The van der Waals surface area contributed by atoms with Gasteiger partial charge in [-0.25, -0.2) is 18.0 Å². The van der Waals surface area contributed by atoms with E-state index in [0.717, 1.165) is 19.2 Å². The van der Waals surface area contributed by atoms with Crippen molar-refractivity contribution in [2.45, 2.75) is 17.9 Å². The lowest BCUT2D eigenvalue weighted by Crippen LogP contribution is -2.40. The van der Waals surface area contributed by atoms with Gasteiger partial charge in [-0.05, 0) is 19.1 Å². The standard InChI is InChI=1S/C15H17Cl2NO7S/c1-9(14(19)23-2)25-15(20)10-7-13(12(17)8-11(10)16)26(21,22)18-3-5-24-6-4-18/h7-9H,3-6H2,1-2H3. The fraction of sp³-hybridized carbons (Fsp3) is 0.467. The summed E-state index contributed by atoms with van der Waals surface area (Å²) >= 11 is 12.0. The third-order valence-corrected chi connectivity index (χ3v) is 6.32. The smallest absolute Gasteiger partial charge is 0.346 e. The number of ether oxygens (including phenoxy) is 3. The minimum Gasteiger partial charge on any atom is -0.466 e. The van der Waals surface area contributed by atoms with Crippen molar-refractivity contribution in [2.24, 2.45) is 0 Å². The third-order valence-electron chi connectivity index (χ3n) is 3.65. The van der Waals surface area contributed by atoms with Gasteiger partial charge in [-0.3, -0.25) is 0 Å². The summed E-state index contributed by atoms with van der Waals surface area (Å²) in [6, 6.07) is 2.19. The van der Waals surface area contributed by atoms with Crippen molar-refractivity contribution < 1.29 is 32.2 Å².